The van der Waals surface area contributed by atoms with Crippen LogP contribution in [0.2, 0.25) is 0 Å². The number of carbonyl (C=O) groups excluding carboxylic acids is 2. The van der Waals surface area contributed by atoms with E-state index in [0.717, 1.165) is 33.1 Å². The van der Waals surface area contributed by atoms with Gasteiger partial charge in [0.2, 0.25) is 0 Å². The first-order valence-electron chi connectivity index (χ1n) is 11.4. The van der Waals surface area contributed by atoms with Gasteiger partial charge in [-0.25, -0.2) is 4.79 Å². The van der Waals surface area contributed by atoms with E-state index in [4.69, 9.17) is 9.57 Å². The summed E-state index contributed by atoms with van der Waals surface area (Å²) in [6, 6.07) is 21.8. The van der Waals surface area contributed by atoms with E-state index in [-0.39, 0.29) is 5.97 Å². The average Bonchev–Trinajstić information content (AvgIpc) is 3.48. The smallest absolute Gasteiger partial charge is 0.368 e. The van der Waals surface area contributed by atoms with Gasteiger partial charge in [0.1, 0.15) is 12.3 Å². The number of hydrogen-bond acceptors (Lipinski definition) is 7. The van der Waals surface area contributed by atoms with Gasteiger partial charge in [-0.1, -0.05) is 53.7 Å². The van der Waals surface area contributed by atoms with Crippen LogP contribution in [0, 0.1) is 0 Å². The van der Waals surface area contributed by atoms with Crippen molar-refractivity contribution in [3.05, 3.63) is 93.2 Å². The summed E-state index contributed by atoms with van der Waals surface area (Å²) in [5.74, 6) is -0.703. The number of oxime groups is 1. The molecule has 178 valence electrons. The molecule has 1 aromatic heterocycles. The van der Waals surface area contributed by atoms with Crippen molar-refractivity contribution in [2.45, 2.75) is 13.8 Å². The Morgan fingerprint density at radius 1 is 1.03 bits per heavy atom. The maximum atomic E-state index is 12.2. The monoisotopic (exact) mass is 486 g/mol. The number of anilines is 1. The summed E-state index contributed by atoms with van der Waals surface area (Å²) in [7, 11) is 0. The molecule has 1 aliphatic heterocycles. The standard InChI is InChI=1S/C28H26N2O4S/c1-3-30(17-18-33-20(2)31)23-12-9-21(10-13-23)11-14-24-15-16-25(35-24)19-26-27(29-34-28(26)32)22-7-5-4-6-8-22/h4-16,19H,3,17-18H2,1-2H3/b14-11+,26-19-. The number of likely N-dealkylation sites (N-methyl/N-ethyl adjacent to an activating group) is 1. The Balaban J connectivity index is 1.42. The van der Waals surface area contributed by atoms with Crippen molar-refractivity contribution in [3.63, 3.8) is 0 Å². The number of rotatable bonds is 9. The summed E-state index contributed by atoms with van der Waals surface area (Å²) >= 11 is 1.59. The summed E-state index contributed by atoms with van der Waals surface area (Å²) < 4.78 is 5.06. The molecule has 35 heavy (non-hydrogen) atoms. The number of carbonyl (C=O) groups is 2. The van der Waals surface area contributed by atoms with Crippen LogP contribution in [0.3, 0.4) is 0 Å². The lowest BCUT2D eigenvalue weighted by Crippen LogP contribution is -2.27. The van der Waals surface area contributed by atoms with Crippen LogP contribution in [0.5, 0.6) is 0 Å². The fraction of sp³-hybridized carbons (Fsp3) is 0.179. The van der Waals surface area contributed by atoms with Gasteiger partial charge in [0, 0.05) is 34.5 Å². The van der Waals surface area contributed by atoms with Crippen molar-refractivity contribution < 1.29 is 19.2 Å². The van der Waals surface area contributed by atoms with E-state index in [1.165, 1.54) is 6.92 Å². The van der Waals surface area contributed by atoms with Gasteiger partial charge in [0.25, 0.3) is 0 Å². The van der Waals surface area contributed by atoms with Crippen LogP contribution in [0.1, 0.15) is 34.7 Å². The molecule has 6 nitrogen and oxygen atoms in total. The minimum atomic E-state index is -0.441. The molecule has 0 aliphatic carbocycles. The highest BCUT2D eigenvalue weighted by atomic mass is 32.1. The average molecular weight is 487 g/mol. The first kappa shape index (κ1) is 24.2. The first-order valence-corrected chi connectivity index (χ1v) is 12.2. The van der Waals surface area contributed by atoms with Crippen LogP contribution in [0.4, 0.5) is 5.69 Å². The van der Waals surface area contributed by atoms with Crippen LogP contribution >= 0.6 is 11.3 Å². The molecule has 0 fully saturated rings. The zero-order chi connectivity index (χ0) is 24.6. The fourth-order valence-electron chi connectivity index (χ4n) is 3.64. The number of thiophene rings is 1. The SMILES string of the molecule is CCN(CCOC(C)=O)c1ccc(/C=C/c2ccc(/C=C3\C(=O)ON=C3c3ccccc3)s2)cc1. The maximum absolute atomic E-state index is 12.2. The molecule has 0 spiro atoms. The van der Waals surface area contributed by atoms with Crippen LogP contribution in [-0.2, 0) is 19.2 Å². The number of nitrogens with zero attached hydrogens (tertiary/aromatic N) is 2. The molecule has 2 aromatic carbocycles. The Kier molecular flexibility index (Phi) is 7.90. The van der Waals surface area contributed by atoms with E-state index in [2.05, 4.69) is 53.4 Å². The molecule has 0 atom stereocenters. The Morgan fingerprint density at radius 3 is 2.49 bits per heavy atom. The van der Waals surface area contributed by atoms with E-state index >= 15 is 0 Å². The second-order valence-electron chi connectivity index (χ2n) is 7.83. The van der Waals surface area contributed by atoms with Crippen LogP contribution in [0.15, 0.2) is 77.5 Å². The van der Waals surface area contributed by atoms with Gasteiger partial charge >= 0.3 is 11.9 Å². The Bertz CT molecular complexity index is 1270. The molecular formula is C28H26N2O4S. The van der Waals surface area contributed by atoms with Crippen molar-refractivity contribution in [1.29, 1.82) is 0 Å². The lowest BCUT2D eigenvalue weighted by Gasteiger charge is -2.22. The third-order valence-corrected chi connectivity index (χ3v) is 6.42. The first-order chi connectivity index (χ1) is 17.0. The van der Waals surface area contributed by atoms with Gasteiger partial charge in [-0.15, -0.1) is 11.3 Å². The molecule has 0 amide bonds. The van der Waals surface area contributed by atoms with Crippen molar-refractivity contribution in [2.24, 2.45) is 5.16 Å². The highest BCUT2D eigenvalue weighted by Crippen LogP contribution is 2.26. The predicted molar refractivity (Wildman–Crippen MR) is 141 cm³/mol. The highest BCUT2D eigenvalue weighted by Gasteiger charge is 2.26. The molecule has 0 N–H and O–H groups in total. The van der Waals surface area contributed by atoms with E-state index in [1.54, 1.807) is 11.3 Å². The summed E-state index contributed by atoms with van der Waals surface area (Å²) in [4.78, 5) is 32.3. The summed E-state index contributed by atoms with van der Waals surface area (Å²) in [6.07, 6.45) is 5.94. The van der Waals surface area contributed by atoms with Crippen LogP contribution < -0.4 is 4.90 Å². The molecule has 0 bridgehead atoms. The number of benzene rings is 2. The molecular weight excluding hydrogens is 460 g/mol. The summed E-state index contributed by atoms with van der Waals surface area (Å²) in [5.41, 5.74) is 4.02. The van der Waals surface area contributed by atoms with Gasteiger partial charge in [-0.2, -0.15) is 0 Å². The molecule has 4 rings (SSSR count). The second-order valence-corrected chi connectivity index (χ2v) is 8.97. The molecule has 0 radical (unpaired) electrons. The number of esters is 1. The highest BCUT2D eigenvalue weighted by molar-refractivity contribution is 7.13. The molecule has 3 aromatic rings. The number of ether oxygens (including phenoxy) is 1. The minimum absolute atomic E-state index is 0.262. The normalized spacial score (nSPS) is 14.3. The molecule has 0 unspecified atom stereocenters. The summed E-state index contributed by atoms with van der Waals surface area (Å²) in [5, 5.41) is 3.96. The maximum Gasteiger partial charge on any atom is 0.368 e. The third kappa shape index (κ3) is 6.33. The Labute approximate surface area is 208 Å². The number of hydrogen-bond donors (Lipinski definition) is 0. The molecule has 1 aliphatic rings. The summed E-state index contributed by atoms with van der Waals surface area (Å²) in [6.45, 7) is 5.35. The largest absolute Gasteiger partial charge is 0.464 e. The molecule has 0 saturated carbocycles. The van der Waals surface area contributed by atoms with Crippen molar-refractivity contribution >= 4 is 52.9 Å². The topological polar surface area (TPSA) is 68.2 Å². The van der Waals surface area contributed by atoms with Gasteiger partial charge in [0.15, 0.2) is 0 Å². The zero-order valence-corrected chi connectivity index (χ0v) is 20.5. The van der Waals surface area contributed by atoms with E-state index in [0.29, 0.717) is 24.4 Å². The molecule has 0 saturated heterocycles. The van der Waals surface area contributed by atoms with E-state index in [9.17, 15) is 9.59 Å². The van der Waals surface area contributed by atoms with Crippen molar-refractivity contribution in [3.8, 4) is 0 Å². The van der Waals surface area contributed by atoms with E-state index < -0.39 is 5.97 Å². The van der Waals surface area contributed by atoms with Gasteiger partial charge < -0.3 is 14.5 Å². The van der Waals surface area contributed by atoms with Crippen molar-refractivity contribution in [1.82, 2.24) is 0 Å². The lowest BCUT2D eigenvalue weighted by atomic mass is 10.0. The zero-order valence-electron chi connectivity index (χ0n) is 19.6. The van der Waals surface area contributed by atoms with Crippen LogP contribution in [0.25, 0.3) is 18.2 Å². The fourth-order valence-corrected chi connectivity index (χ4v) is 4.49. The second kappa shape index (κ2) is 11.4. The minimum Gasteiger partial charge on any atom is -0.464 e. The van der Waals surface area contributed by atoms with Gasteiger partial charge in [0.05, 0.1) is 12.1 Å². The Hall–Kier alpha value is -3.97. The van der Waals surface area contributed by atoms with E-state index in [1.807, 2.05) is 48.5 Å². The lowest BCUT2D eigenvalue weighted by molar-refractivity contribution is -0.140. The quantitative estimate of drug-likeness (QED) is 0.222. The Morgan fingerprint density at radius 2 is 1.77 bits per heavy atom. The van der Waals surface area contributed by atoms with Gasteiger partial charge in [-0.05, 0) is 48.9 Å². The van der Waals surface area contributed by atoms with Crippen LogP contribution in [-0.4, -0.2) is 37.3 Å². The molecule has 7 heteroatoms. The predicted octanol–water partition coefficient (Wildman–Crippen LogP) is 5.65. The van der Waals surface area contributed by atoms with Crippen molar-refractivity contribution in [2.75, 3.05) is 24.6 Å². The molecule has 2 heterocycles. The van der Waals surface area contributed by atoms with Gasteiger partial charge in [-0.3, -0.25) is 4.79 Å². The third-order valence-electron chi connectivity index (χ3n) is 5.42.